The van der Waals surface area contributed by atoms with Crippen LogP contribution in [0.25, 0.3) is 0 Å². The quantitative estimate of drug-likeness (QED) is 0.699. The van der Waals surface area contributed by atoms with Crippen LogP contribution in [0, 0.1) is 34.5 Å². The summed E-state index contributed by atoms with van der Waals surface area (Å²) in [7, 11) is 0. The van der Waals surface area contributed by atoms with Gasteiger partial charge in [-0.05, 0) is 85.9 Å². The van der Waals surface area contributed by atoms with Crippen LogP contribution in [-0.2, 0) is 0 Å². The van der Waals surface area contributed by atoms with E-state index in [1.807, 2.05) is 0 Å². The predicted molar refractivity (Wildman–Crippen MR) is 102 cm³/mol. The van der Waals surface area contributed by atoms with E-state index >= 15 is 0 Å². The number of aliphatic hydroxyl groups is 2. The molecule has 0 unspecified atom stereocenters. The lowest BCUT2D eigenvalue weighted by atomic mass is 9.45. The first-order chi connectivity index (χ1) is 11.9. The van der Waals surface area contributed by atoms with Crippen molar-refractivity contribution in [3.8, 4) is 0 Å². The summed E-state index contributed by atoms with van der Waals surface area (Å²) < 4.78 is 0. The molecule has 0 aromatic carbocycles. The topological polar surface area (TPSA) is 40.5 Å². The Balaban J connectivity index is 1.73. The first-order valence-electron chi connectivity index (χ1n) is 11.0. The van der Waals surface area contributed by atoms with E-state index in [9.17, 15) is 10.2 Å². The van der Waals surface area contributed by atoms with Crippen LogP contribution in [0.1, 0.15) is 85.0 Å². The molecule has 0 amide bonds. The Bertz CT molecular complexity index is 540. The van der Waals surface area contributed by atoms with Crippen LogP contribution in [-0.4, -0.2) is 22.4 Å². The first kappa shape index (κ1) is 18.0. The Kier molecular flexibility index (Phi) is 4.60. The third-order valence-electron chi connectivity index (χ3n) is 9.09. The van der Waals surface area contributed by atoms with Gasteiger partial charge in [-0.1, -0.05) is 45.3 Å². The van der Waals surface area contributed by atoms with Gasteiger partial charge in [0.1, 0.15) is 0 Å². The minimum atomic E-state index is -0.121. The summed E-state index contributed by atoms with van der Waals surface area (Å²) in [6, 6.07) is 0. The summed E-state index contributed by atoms with van der Waals surface area (Å²) in [4.78, 5) is 0. The average molecular weight is 347 g/mol. The van der Waals surface area contributed by atoms with Crippen molar-refractivity contribution in [1.82, 2.24) is 0 Å². The van der Waals surface area contributed by atoms with E-state index < -0.39 is 0 Å². The fraction of sp³-hybridized carbons (Fsp3) is 0.913. The highest BCUT2D eigenvalue weighted by Gasteiger charge is 2.60. The number of hydrogen-bond donors (Lipinski definition) is 2. The molecule has 0 radical (unpaired) electrons. The summed E-state index contributed by atoms with van der Waals surface area (Å²) in [6.45, 7) is 7.19. The summed E-state index contributed by atoms with van der Waals surface area (Å²) in [5.41, 5.74) is 2.04. The Morgan fingerprint density at radius 3 is 2.60 bits per heavy atom. The lowest BCUT2D eigenvalue weighted by molar-refractivity contribution is -0.0882. The zero-order valence-electron chi connectivity index (χ0n) is 16.5. The van der Waals surface area contributed by atoms with Gasteiger partial charge >= 0.3 is 0 Å². The van der Waals surface area contributed by atoms with E-state index in [1.54, 1.807) is 5.57 Å². The third-order valence-corrected chi connectivity index (χ3v) is 9.09. The predicted octanol–water partition coefficient (Wildman–Crippen LogP) is 5.09. The number of fused-ring (bicyclic) bond motifs is 5. The normalized spacial score (nSPS) is 52.1. The van der Waals surface area contributed by atoms with Gasteiger partial charge in [-0.3, -0.25) is 0 Å². The van der Waals surface area contributed by atoms with Crippen LogP contribution in [0.2, 0.25) is 0 Å². The van der Waals surface area contributed by atoms with E-state index in [0.29, 0.717) is 17.3 Å². The maximum Gasteiger partial charge on any atom is 0.0596 e. The second kappa shape index (κ2) is 6.37. The molecule has 142 valence electrons. The Labute approximate surface area is 154 Å². The van der Waals surface area contributed by atoms with Crippen LogP contribution >= 0.6 is 0 Å². The molecule has 0 spiro atoms. The Morgan fingerprint density at radius 1 is 1.04 bits per heavy atom. The summed E-state index contributed by atoms with van der Waals surface area (Å²) in [6.07, 6.45) is 14.0. The number of rotatable bonds is 3. The second-order valence-corrected chi connectivity index (χ2v) is 10.2. The van der Waals surface area contributed by atoms with Crippen LogP contribution in [0.15, 0.2) is 11.6 Å². The SMILES string of the molecule is CCCC[C@@H]1C=C2C[C@@H](O)CC[C@]2(C)[C@H]2CC[C@]3(C)[C@@H](O)CC[C@H]3[C@H]12. The molecule has 0 bridgehead atoms. The maximum absolute atomic E-state index is 10.7. The van der Waals surface area contributed by atoms with Crippen molar-refractivity contribution < 1.29 is 10.2 Å². The number of hydrogen-bond acceptors (Lipinski definition) is 2. The minimum Gasteiger partial charge on any atom is -0.393 e. The maximum atomic E-state index is 10.7. The van der Waals surface area contributed by atoms with Gasteiger partial charge in [0.05, 0.1) is 12.2 Å². The molecule has 2 heteroatoms. The molecular weight excluding hydrogens is 308 g/mol. The lowest BCUT2D eigenvalue weighted by Crippen LogP contribution is -2.53. The van der Waals surface area contributed by atoms with Gasteiger partial charge in [-0.2, -0.15) is 0 Å². The van der Waals surface area contributed by atoms with E-state index in [4.69, 9.17) is 0 Å². The van der Waals surface area contributed by atoms with E-state index in [2.05, 4.69) is 26.8 Å². The molecule has 0 aromatic heterocycles. The van der Waals surface area contributed by atoms with Crippen LogP contribution < -0.4 is 0 Å². The fourth-order valence-electron chi connectivity index (χ4n) is 7.49. The second-order valence-electron chi connectivity index (χ2n) is 10.2. The van der Waals surface area contributed by atoms with Crippen molar-refractivity contribution in [2.75, 3.05) is 0 Å². The molecule has 8 atom stereocenters. The average Bonchev–Trinajstić information content (AvgIpc) is 2.89. The Morgan fingerprint density at radius 2 is 1.84 bits per heavy atom. The highest BCUT2D eigenvalue weighted by Crippen LogP contribution is 2.66. The molecule has 3 fully saturated rings. The molecule has 4 rings (SSSR count). The standard InChI is InChI=1S/C23H38O2/c1-4-5-6-15-13-16-14-17(24)9-11-22(16,2)19-10-12-23(3)18(21(15)19)7-8-20(23)25/h13,15,17-21,24-25H,4-12,14H2,1-3H3/t15-,17+,18+,19+,20+,21+,22+,23+/m1/s1. The fourth-order valence-corrected chi connectivity index (χ4v) is 7.49. The van der Waals surface area contributed by atoms with Gasteiger partial charge in [0.25, 0.3) is 0 Å². The molecule has 2 N–H and O–H groups in total. The van der Waals surface area contributed by atoms with Gasteiger partial charge in [0.2, 0.25) is 0 Å². The zero-order chi connectivity index (χ0) is 17.8. The monoisotopic (exact) mass is 346 g/mol. The van der Waals surface area contributed by atoms with Crippen molar-refractivity contribution in [3.05, 3.63) is 11.6 Å². The van der Waals surface area contributed by atoms with Crippen LogP contribution in [0.3, 0.4) is 0 Å². The highest BCUT2D eigenvalue weighted by atomic mass is 16.3. The van der Waals surface area contributed by atoms with Crippen molar-refractivity contribution >= 4 is 0 Å². The molecule has 4 aliphatic carbocycles. The van der Waals surface area contributed by atoms with E-state index in [1.165, 1.54) is 38.5 Å². The van der Waals surface area contributed by atoms with E-state index in [0.717, 1.165) is 37.5 Å². The van der Waals surface area contributed by atoms with Gasteiger partial charge in [0, 0.05) is 0 Å². The van der Waals surface area contributed by atoms with Gasteiger partial charge in [-0.15, -0.1) is 0 Å². The molecule has 3 saturated carbocycles. The lowest BCUT2D eigenvalue weighted by Gasteiger charge is -2.59. The molecule has 0 aromatic rings. The van der Waals surface area contributed by atoms with Crippen molar-refractivity contribution in [3.63, 3.8) is 0 Å². The molecule has 4 aliphatic rings. The van der Waals surface area contributed by atoms with Gasteiger partial charge in [-0.25, -0.2) is 0 Å². The smallest absolute Gasteiger partial charge is 0.0596 e. The van der Waals surface area contributed by atoms with Gasteiger partial charge in [0.15, 0.2) is 0 Å². The Hall–Kier alpha value is -0.340. The molecular formula is C23H38O2. The van der Waals surface area contributed by atoms with Crippen LogP contribution in [0.5, 0.6) is 0 Å². The number of aliphatic hydroxyl groups excluding tert-OH is 2. The van der Waals surface area contributed by atoms with Gasteiger partial charge < -0.3 is 10.2 Å². The zero-order valence-corrected chi connectivity index (χ0v) is 16.5. The van der Waals surface area contributed by atoms with E-state index in [-0.39, 0.29) is 17.6 Å². The number of unbranched alkanes of at least 4 members (excludes halogenated alkanes) is 1. The molecule has 0 saturated heterocycles. The highest BCUT2D eigenvalue weighted by molar-refractivity contribution is 5.27. The van der Waals surface area contributed by atoms with Crippen molar-refractivity contribution in [2.45, 2.75) is 97.2 Å². The molecule has 25 heavy (non-hydrogen) atoms. The number of allylic oxidation sites excluding steroid dienone is 1. The summed E-state index contributed by atoms with van der Waals surface area (Å²) in [5.74, 6) is 2.90. The molecule has 0 heterocycles. The largest absolute Gasteiger partial charge is 0.393 e. The summed E-state index contributed by atoms with van der Waals surface area (Å²) in [5, 5.41) is 21.0. The van der Waals surface area contributed by atoms with Crippen molar-refractivity contribution in [2.24, 2.45) is 34.5 Å². The van der Waals surface area contributed by atoms with Crippen LogP contribution in [0.4, 0.5) is 0 Å². The summed E-state index contributed by atoms with van der Waals surface area (Å²) >= 11 is 0. The minimum absolute atomic E-state index is 0.0864. The molecule has 0 aliphatic heterocycles. The molecule has 2 nitrogen and oxygen atoms in total. The third kappa shape index (κ3) is 2.65. The van der Waals surface area contributed by atoms with Crippen molar-refractivity contribution in [1.29, 1.82) is 0 Å². The first-order valence-corrected chi connectivity index (χ1v) is 11.0.